The van der Waals surface area contributed by atoms with Crippen molar-refractivity contribution in [2.45, 2.75) is 19.3 Å². The molecule has 2 aliphatic heterocycles. The fourth-order valence-electron chi connectivity index (χ4n) is 2.99. The molecule has 2 heterocycles. The Labute approximate surface area is 125 Å². The maximum Gasteiger partial charge on any atom is 0.246 e. The standard InChI is InChI=1S/C14H24N4O3/c1-15-7-11-4-6-17(8-11)9-12(19)16-13(20)10-18-5-2-3-14(18)21/h11,15H,2-10H2,1H3,(H,16,19,20). The van der Waals surface area contributed by atoms with E-state index in [9.17, 15) is 14.4 Å². The second kappa shape index (κ2) is 7.51. The highest BCUT2D eigenvalue weighted by Crippen LogP contribution is 2.14. The van der Waals surface area contributed by atoms with Gasteiger partial charge in [0.15, 0.2) is 0 Å². The molecule has 1 unspecified atom stereocenters. The van der Waals surface area contributed by atoms with Gasteiger partial charge in [-0.3, -0.25) is 24.6 Å². The van der Waals surface area contributed by atoms with Gasteiger partial charge in [0.2, 0.25) is 17.7 Å². The van der Waals surface area contributed by atoms with Crippen molar-refractivity contribution < 1.29 is 14.4 Å². The summed E-state index contributed by atoms with van der Waals surface area (Å²) in [5, 5.41) is 5.51. The molecule has 21 heavy (non-hydrogen) atoms. The molecule has 0 saturated carbocycles. The van der Waals surface area contributed by atoms with E-state index in [0.717, 1.165) is 32.5 Å². The van der Waals surface area contributed by atoms with Gasteiger partial charge in [-0.2, -0.15) is 0 Å². The van der Waals surface area contributed by atoms with E-state index >= 15 is 0 Å². The van der Waals surface area contributed by atoms with E-state index in [4.69, 9.17) is 0 Å². The van der Waals surface area contributed by atoms with E-state index in [1.54, 1.807) is 0 Å². The molecule has 0 aliphatic carbocycles. The summed E-state index contributed by atoms with van der Waals surface area (Å²) >= 11 is 0. The molecule has 0 radical (unpaired) electrons. The lowest BCUT2D eigenvalue weighted by Crippen LogP contribution is -2.44. The molecule has 2 N–H and O–H groups in total. The van der Waals surface area contributed by atoms with Crippen LogP contribution < -0.4 is 10.6 Å². The molecule has 1 atom stereocenters. The van der Waals surface area contributed by atoms with Gasteiger partial charge in [-0.1, -0.05) is 0 Å². The average Bonchev–Trinajstić information content (AvgIpc) is 3.00. The SMILES string of the molecule is CNCC1CCN(CC(=O)NC(=O)CN2CCCC2=O)C1. The molecule has 2 saturated heterocycles. The van der Waals surface area contributed by atoms with Crippen LogP contribution in [-0.4, -0.2) is 73.8 Å². The van der Waals surface area contributed by atoms with Crippen molar-refractivity contribution in [2.75, 3.05) is 46.3 Å². The zero-order valence-electron chi connectivity index (χ0n) is 12.6. The number of nitrogens with zero attached hydrogens (tertiary/aromatic N) is 2. The van der Waals surface area contributed by atoms with Crippen LogP contribution in [-0.2, 0) is 14.4 Å². The Morgan fingerprint density at radius 3 is 2.67 bits per heavy atom. The highest BCUT2D eigenvalue weighted by atomic mass is 16.2. The van der Waals surface area contributed by atoms with Gasteiger partial charge in [0.1, 0.15) is 0 Å². The van der Waals surface area contributed by atoms with Gasteiger partial charge < -0.3 is 10.2 Å². The molecular formula is C14H24N4O3. The number of hydrogen-bond acceptors (Lipinski definition) is 5. The summed E-state index contributed by atoms with van der Waals surface area (Å²) in [4.78, 5) is 38.6. The van der Waals surface area contributed by atoms with E-state index in [1.807, 2.05) is 7.05 Å². The topological polar surface area (TPSA) is 81.8 Å². The molecule has 3 amide bonds. The van der Waals surface area contributed by atoms with Gasteiger partial charge >= 0.3 is 0 Å². The first-order chi connectivity index (χ1) is 10.1. The molecule has 7 nitrogen and oxygen atoms in total. The number of imide groups is 1. The van der Waals surface area contributed by atoms with Gasteiger partial charge in [-0.25, -0.2) is 0 Å². The number of hydrogen-bond donors (Lipinski definition) is 2. The van der Waals surface area contributed by atoms with Crippen LogP contribution in [0.5, 0.6) is 0 Å². The van der Waals surface area contributed by atoms with Gasteiger partial charge in [0.25, 0.3) is 0 Å². The van der Waals surface area contributed by atoms with Crippen molar-refractivity contribution in [3.63, 3.8) is 0 Å². The normalized spacial score (nSPS) is 22.8. The number of carbonyl (C=O) groups is 3. The van der Waals surface area contributed by atoms with Crippen LogP contribution in [0.15, 0.2) is 0 Å². The number of rotatable bonds is 6. The molecule has 0 spiro atoms. The summed E-state index contributed by atoms with van der Waals surface area (Å²) in [6.45, 7) is 3.57. The lowest BCUT2D eigenvalue weighted by atomic mass is 10.1. The predicted molar refractivity (Wildman–Crippen MR) is 77.4 cm³/mol. The monoisotopic (exact) mass is 296 g/mol. The van der Waals surface area contributed by atoms with E-state index in [0.29, 0.717) is 18.9 Å². The molecule has 0 aromatic carbocycles. The third-order valence-corrected chi connectivity index (χ3v) is 4.01. The lowest BCUT2D eigenvalue weighted by Gasteiger charge is -2.17. The zero-order valence-corrected chi connectivity index (χ0v) is 12.6. The highest BCUT2D eigenvalue weighted by Gasteiger charge is 2.25. The quantitative estimate of drug-likeness (QED) is 0.643. The van der Waals surface area contributed by atoms with Crippen molar-refractivity contribution in [3.8, 4) is 0 Å². The van der Waals surface area contributed by atoms with Gasteiger partial charge in [-0.05, 0) is 38.9 Å². The molecule has 0 aromatic heterocycles. The number of likely N-dealkylation sites (tertiary alicyclic amines) is 2. The predicted octanol–water partition coefficient (Wildman–Crippen LogP) is -1.21. The van der Waals surface area contributed by atoms with Crippen LogP contribution in [0.25, 0.3) is 0 Å². The summed E-state index contributed by atoms with van der Waals surface area (Å²) in [5.74, 6) is -0.106. The van der Waals surface area contributed by atoms with Gasteiger partial charge in [-0.15, -0.1) is 0 Å². The zero-order chi connectivity index (χ0) is 15.2. The molecule has 118 valence electrons. The Morgan fingerprint density at radius 1 is 1.24 bits per heavy atom. The third kappa shape index (κ3) is 4.78. The second-order valence-corrected chi connectivity index (χ2v) is 5.84. The van der Waals surface area contributed by atoms with Crippen molar-refractivity contribution in [2.24, 2.45) is 5.92 Å². The number of amides is 3. The molecule has 0 aromatic rings. The van der Waals surface area contributed by atoms with Crippen molar-refractivity contribution in [1.82, 2.24) is 20.4 Å². The Morgan fingerprint density at radius 2 is 2.00 bits per heavy atom. The Kier molecular flexibility index (Phi) is 5.69. The van der Waals surface area contributed by atoms with Crippen molar-refractivity contribution in [1.29, 1.82) is 0 Å². The minimum absolute atomic E-state index is 0.00699. The number of carbonyl (C=O) groups excluding carboxylic acids is 3. The van der Waals surface area contributed by atoms with E-state index in [-0.39, 0.29) is 30.8 Å². The summed E-state index contributed by atoms with van der Waals surface area (Å²) in [6, 6.07) is 0. The van der Waals surface area contributed by atoms with Crippen LogP contribution in [0.3, 0.4) is 0 Å². The summed E-state index contributed by atoms with van der Waals surface area (Å²) in [5.41, 5.74) is 0. The minimum atomic E-state index is -0.388. The first-order valence-corrected chi connectivity index (χ1v) is 7.56. The summed E-state index contributed by atoms with van der Waals surface area (Å²) < 4.78 is 0. The Bertz CT molecular complexity index is 413. The lowest BCUT2D eigenvalue weighted by molar-refractivity contribution is -0.136. The molecular weight excluding hydrogens is 272 g/mol. The van der Waals surface area contributed by atoms with Crippen LogP contribution >= 0.6 is 0 Å². The number of nitrogens with one attached hydrogen (secondary N) is 2. The molecule has 2 aliphatic rings. The van der Waals surface area contributed by atoms with Crippen LogP contribution in [0.4, 0.5) is 0 Å². The van der Waals surface area contributed by atoms with E-state index < -0.39 is 0 Å². The summed E-state index contributed by atoms with van der Waals surface area (Å²) in [7, 11) is 1.92. The Hall–Kier alpha value is -1.47. The van der Waals surface area contributed by atoms with E-state index in [1.165, 1.54) is 4.90 Å². The first-order valence-electron chi connectivity index (χ1n) is 7.56. The Balaban J connectivity index is 1.67. The van der Waals surface area contributed by atoms with Crippen LogP contribution in [0.1, 0.15) is 19.3 Å². The van der Waals surface area contributed by atoms with Gasteiger partial charge in [0, 0.05) is 19.5 Å². The average molecular weight is 296 g/mol. The van der Waals surface area contributed by atoms with Crippen molar-refractivity contribution in [3.05, 3.63) is 0 Å². The fraction of sp³-hybridized carbons (Fsp3) is 0.786. The smallest absolute Gasteiger partial charge is 0.246 e. The minimum Gasteiger partial charge on any atom is -0.333 e. The second-order valence-electron chi connectivity index (χ2n) is 5.84. The summed E-state index contributed by atoms with van der Waals surface area (Å²) in [6.07, 6.45) is 2.37. The first kappa shape index (κ1) is 15.9. The third-order valence-electron chi connectivity index (χ3n) is 4.01. The van der Waals surface area contributed by atoms with Crippen LogP contribution in [0.2, 0.25) is 0 Å². The molecule has 0 bridgehead atoms. The van der Waals surface area contributed by atoms with E-state index in [2.05, 4.69) is 15.5 Å². The highest BCUT2D eigenvalue weighted by molar-refractivity contribution is 5.98. The maximum absolute atomic E-state index is 11.8. The van der Waals surface area contributed by atoms with Crippen LogP contribution in [0, 0.1) is 5.92 Å². The van der Waals surface area contributed by atoms with Crippen molar-refractivity contribution >= 4 is 17.7 Å². The van der Waals surface area contributed by atoms with Gasteiger partial charge in [0.05, 0.1) is 13.1 Å². The largest absolute Gasteiger partial charge is 0.333 e. The molecule has 7 heteroatoms. The molecule has 2 fully saturated rings. The fourth-order valence-corrected chi connectivity index (χ4v) is 2.99. The maximum atomic E-state index is 11.8. The molecule has 2 rings (SSSR count).